The lowest BCUT2D eigenvalue weighted by molar-refractivity contribution is 0.102. The number of rotatable bonds is 12. The molecule has 0 spiro atoms. The Kier molecular flexibility index (Phi) is 22.3. The molecule has 4 aliphatic rings. The molecule has 12 nitrogen and oxygen atoms in total. The number of aliphatic imine (C=N–C) groups is 1. The van der Waals surface area contributed by atoms with Crippen LogP contribution in [0.25, 0.3) is 0 Å². The number of nitrogens with one attached hydrogen (secondary N) is 2. The third-order valence-electron chi connectivity index (χ3n) is 13.0. The Morgan fingerprint density at radius 2 is 1.16 bits per heavy atom. The van der Waals surface area contributed by atoms with Crippen molar-refractivity contribution >= 4 is 117 Å². The number of nitrogen functional groups attached to an aromatic ring is 1. The van der Waals surface area contributed by atoms with Gasteiger partial charge in [0.25, 0.3) is 0 Å². The van der Waals surface area contributed by atoms with E-state index in [0.29, 0.717) is 15.4 Å². The number of nitrogens with two attached hydrogens (primary N) is 2. The van der Waals surface area contributed by atoms with Crippen molar-refractivity contribution in [3.05, 3.63) is 124 Å². The molecule has 392 valence electrons. The number of hydrogen-bond donors (Lipinski definition) is 4. The quantitative estimate of drug-likeness (QED) is 0.0179. The van der Waals surface area contributed by atoms with E-state index >= 15 is 0 Å². The van der Waals surface area contributed by atoms with E-state index in [9.17, 15) is 27.2 Å². The van der Waals surface area contributed by atoms with Crippen LogP contribution in [0, 0.1) is 23.3 Å². The summed E-state index contributed by atoms with van der Waals surface area (Å²) in [4.78, 5) is 42.4. The van der Waals surface area contributed by atoms with Gasteiger partial charge < -0.3 is 41.7 Å². The highest BCUT2D eigenvalue weighted by Crippen LogP contribution is 2.32. The van der Waals surface area contributed by atoms with E-state index in [1.54, 1.807) is 0 Å². The summed E-state index contributed by atoms with van der Waals surface area (Å²) in [5.41, 5.74) is 15.9. The summed E-state index contributed by atoms with van der Waals surface area (Å²) in [6, 6.07) is 23.5. The maximum absolute atomic E-state index is 13.5. The molecule has 73 heavy (non-hydrogen) atoms. The fourth-order valence-electron chi connectivity index (χ4n) is 9.41. The minimum atomic E-state index is -0.815. The number of amidine groups is 1. The van der Waals surface area contributed by atoms with Crippen LogP contribution < -0.4 is 31.9 Å². The van der Waals surface area contributed by atoms with Crippen molar-refractivity contribution in [2.24, 2.45) is 10.7 Å². The molecule has 4 aromatic carbocycles. The second kappa shape index (κ2) is 28.3. The van der Waals surface area contributed by atoms with Crippen molar-refractivity contribution in [3.63, 3.8) is 0 Å². The Bertz CT molecular complexity index is 2600. The molecule has 0 amide bonds. The van der Waals surface area contributed by atoms with Gasteiger partial charge in [-0.25, -0.2) is 22.5 Å². The number of ketones is 2. The predicted octanol–water partition coefficient (Wildman–Crippen LogP) is 11.2. The fourth-order valence-corrected chi connectivity index (χ4v) is 11.3. The number of thioether (sulfide) groups is 1. The van der Waals surface area contributed by atoms with Crippen LogP contribution in [0.2, 0.25) is 0 Å². The number of hydrogen-bond acceptors (Lipinski definition) is 12. The van der Waals surface area contributed by atoms with Crippen LogP contribution in [0.4, 0.5) is 51.3 Å². The molecule has 4 fully saturated rings. The molecule has 0 saturated carbocycles. The largest absolute Gasteiger partial charge is 0.382 e. The summed E-state index contributed by atoms with van der Waals surface area (Å²) in [5.74, 6) is -3.09. The number of piperidine rings is 2. The smallest absolute Gasteiger partial charge is 0.207 e. The number of anilines is 6. The summed E-state index contributed by atoms with van der Waals surface area (Å²) in [7, 11) is 0. The van der Waals surface area contributed by atoms with Crippen molar-refractivity contribution < 1.29 is 27.2 Å². The molecule has 1 atom stereocenters. The second-order valence-corrected chi connectivity index (χ2v) is 21.1. The highest BCUT2D eigenvalue weighted by molar-refractivity contribution is 9.09. The molecule has 0 bridgehead atoms. The summed E-state index contributed by atoms with van der Waals surface area (Å²) < 4.78 is 52.0. The molecule has 4 aliphatic heterocycles. The predicted molar refractivity (Wildman–Crippen MR) is 306 cm³/mol. The first kappa shape index (κ1) is 57.6. The molecule has 1 aromatic heterocycles. The van der Waals surface area contributed by atoms with Crippen molar-refractivity contribution in [1.29, 1.82) is 0 Å². The van der Waals surface area contributed by atoms with Gasteiger partial charge in [0.15, 0.2) is 21.2 Å². The van der Waals surface area contributed by atoms with Crippen molar-refractivity contribution in [3.8, 4) is 0 Å². The average Bonchev–Trinajstić information content (AvgIpc) is 4.19. The summed E-state index contributed by atoms with van der Waals surface area (Å²) in [6.07, 6.45) is 10.4. The number of carbonyl (C=O) groups excluding carboxylic acids is 2. The zero-order valence-electron chi connectivity index (χ0n) is 40.9. The van der Waals surface area contributed by atoms with E-state index in [1.165, 1.54) is 101 Å². The highest BCUT2D eigenvalue weighted by atomic mass is 79.9. The standard InChI is InChI=1S/C25H27F2N5OS.C19H29N5S2.C8H5BrF2O.H3P/c26-17-13-16(14-18(27)15-17)22(33)23-24(28)30-25(34-23)29-19-3-5-20(6-4-19)32-11-7-21(8-12-32)31-9-1-2-10-31;1-2-26-18(20)22-19(25)21-15-5-7-16(8-6-15)24-13-9-17(10-14-24)23-11-3-4-12-23;9-4-8(12)5-1-6(10)3-7(11)2-5;/h3-6,13-15,21H,1-2,7-12,28H2,(H,29,30);5-8,17H,2-4,9-14H2,1H3,(H3,20,21,22,25);1-3H,4H2;1H3. The van der Waals surface area contributed by atoms with Gasteiger partial charge in [-0.3, -0.25) is 9.59 Å². The van der Waals surface area contributed by atoms with Crippen LogP contribution in [0.1, 0.15) is 83.9 Å². The lowest BCUT2D eigenvalue weighted by Gasteiger charge is -2.37. The van der Waals surface area contributed by atoms with Gasteiger partial charge in [0, 0.05) is 84.3 Å². The van der Waals surface area contributed by atoms with Crippen molar-refractivity contribution in [2.45, 2.75) is 70.4 Å². The van der Waals surface area contributed by atoms with Gasteiger partial charge in [-0.15, -0.1) is 0 Å². The number of thiocarbonyl (C=S) groups is 1. The van der Waals surface area contributed by atoms with Gasteiger partial charge >= 0.3 is 0 Å². The zero-order valence-corrected chi connectivity index (χ0v) is 46.4. The topological polar surface area (TPSA) is 148 Å². The van der Waals surface area contributed by atoms with Gasteiger partial charge in [0.1, 0.15) is 34.0 Å². The Hall–Kier alpha value is -4.69. The third kappa shape index (κ3) is 16.9. The van der Waals surface area contributed by atoms with Crippen LogP contribution in [-0.2, 0) is 0 Å². The first-order valence-electron chi connectivity index (χ1n) is 24.3. The van der Waals surface area contributed by atoms with Crippen LogP contribution in [-0.4, -0.2) is 112 Å². The molecule has 0 radical (unpaired) electrons. The molecule has 0 aliphatic carbocycles. The number of nitrogens with zero attached hydrogens (tertiary/aromatic N) is 6. The zero-order chi connectivity index (χ0) is 51.1. The van der Waals surface area contributed by atoms with Gasteiger partial charge in [0.2, 0.25) is 5.78 Å². The van der Waals surface area contributed by atoms with E-state index < -0.39 is 29.1 Å². The summed E-state index contributed by atoms with van der Waals surface area (Å²) in [5, 5.41) is 7.72. The average molecular weight is 1140 g/mol. The Balaban J connectivity index is 0.000000197. The number of benzene rings is 4. The number of likely N-dealkylation sites (tertiary alicyclic amines) is 2. The highest BCUT2D eigenvalue weighted by Gasteiger charge is 2.28. The maximum atomic E-state index is 13.5. The van der Waals surface area contributed by atoms with Crippen molar-refractivity contribution in [2.75, 3.05) is 89.6 Å². The lowest BCUT2D eigenvalue weighted by Crippen LogP contribution is -2.43. The Morgan fingerprint density at radius 1 is 0.726 bits per heavy atom. The van der Waals surface area contributed by atoms with Crippen LogP contribution in [0.3, 0.4) is 0 Å². The SMILES string of the molecule is CCSC(N)=NC(=S)Nc1ccc(N2CCC(N3CCCC3)CC2)cc1.Nc1nc(Nc2ccc(N3CCC(N4CCCC4)CC3)cc2)sc1C(=O)c1cc(F)cc(F)c1.O=C(CBr)c1cc(F)cc(F)c1.P. The third-order valence-corrected chi connectivity index (χ3v) is 15.4. The number of Topliss-reactive ketones (excluding diaryl/α,β-unsaturated/α-hetero) is 1. The number of aromatic nitrogens is 1. The minimum Gasteiger partial charge on any atom is -0.382 e. The normalized spacial score (nSPS) is 16.7. The Morgan fingerprint density at radius 3 is 1.60 bits per heavy atom. The van der Waals surface area contributed by atoms with E-state index in [2.05, 4.69) is 92.5 Å². The molecule has 5 heterocycles. The van der Waals surface area contributed by atoms with Crippen LogP contribution in [0.5, 0.6) is 0 Å². The van der Waals surface area contributed by atoms with Crippen LogP contribution in [0.15, 0.2) is 89.9 Å². The molecular weight excluding hydrogens is 1080 g/mol. The molecule has 9 rings (SSSR count). The minimum absolute atomic E-state index is 0. The van der Waals surface area contributed by atoms with Gasteiger partial charge in [-0.2, -0.15) is 14.9 Å². The van der Waals surface area contributed by atoms with Gasteiger partial charge in [-0.1, -0.05) is 46.0 Å². The molecule has 6 N–H and O–H groups in total. The molecule has 1 unspecified atom stereocenters. The van der Waals surface area contributed by atoms with E-state index in [0.717, 1.165) is 103 Å². The molecule has 21 heteroatoms. The summed E-state index contributed by atoms with van der Waals surface area (Å²) >= 11 is 10.7. The number of halogens is 5. The van der Waals surface area contributed by atoms with Crippen LogP contribution >= 0.6 is 61.1 Å². The van der Waals surface area contributed by atoms with Gasteiger partial charge in [0.05, 0.1) is 5.33 Å². The first-order valence-corrected chi connectivity index (χ1v) is 27.6. The van der Waals surface area contributed by atoms with E-state index in [1.807, 2.05) is 19.1 Å². The fraction of sp³-hybridized carbons (Fsp3) is 0.404. The lowest BCUT2D eigenvalue weighted by atomic mass is 10.0. The Labute approximate surface area is 450 Å². The first-order chi connectivity index (χ1) is 34.7. The molecular formula is C52H64BrF4N10O2PS3. The van der Waals surface area contributed by atoms with E-state index in [-0.39, 0.29) is 42.8 Å². The van der Waals surface area contributed by atoms with Gasteiger partial charge in [-0.05, 0) is 168 Å². The number of alkyl halides is 1. The van der Waals surface area contributed by atoms with E-state index in [4.69, 9.17) is 23.7 Å². The maximum Gasteiger partial charge on any atom is 0.207 e. The number of thiazole rings is 1. The molecule has 5 aromatic rings. The second-order valence-electron chi connectivity index (χ2n) is 17.9. The van der Waals surface area contributed by atoms with Crippen molar-refractivity contribution in [1.82, 2.24) is 14.8 Å². The summed E-state index contributed by atoms with van der Waals surface area (Å²) in [6.45, 7) is 11.5. The molecule has 4 saturated heterocycles. The monoisotopic (exact) mass is 1140 g/mol. The number of carbonyl (C=O) groups is 2.